The first kappa shape index (κ1) is 12.7. The van der Waals surface area contributed by atoms with Crippen LogP contribution in [0.15, 0.2) is 23.8 Å². The number of hydrogen-bond acceptors (Lipinski definition) is 2. The lowest BCUT2D eigenvalue weighted by atomic mass is 10.0. The van der Waals surface area contributed by atoms with E-state index in [1.165, 1.54) is 22.3 Å². The number of alkyl carbamates (subject to hydrolysis) is 1. The van der Waals surface area contributed by atoms with E-state index in [0.29, 0.717) is 13.2 Å². The Kier molecular flexibility index (Phi) is 4.03. The van der Waals surface area contributed by atoms with E-state index >= 15 is 0 Å². The lowest BCUT2D eigenvalue weighted by Crippen LogP contribution is -2.25. The van der Waals surface area contributed by atoms with Gasteiger partial charge in [0.2, 0.25) is 0 Å². The number of benzene rings is 1. The second-order valence-electron chi connectivity index (χ2n) is 4.52. The van der Waals surface area contributed by atoms with Gasteiger partial charge in [-0.05, 0) is 43.4 Å². The average molecular weight is 245 g/mol. The highest BCUT2D eigenvalue weighted by Crippen LogP contribution is 2.28. The second-order valence-corrected chi connectivity index (χ2v) is 4.52. The normalized spacial score (nSPS) is 12.9. The molecule has 3 heteroatoms. The SMILES string of the molecule is CCOC(=O)NCCC1=Cc2cccc(C)c2C1. The number of carbonyl (C=O) groups is 1. The molecule has 96 valence electrons. The number of aryl methyl sites for hydroxylation is 1. The zero-order chi connectivity index (χ0) is 13.0. The zero-order valence-corrected chi connectivity index (χ0v) is 11.0. The van der Waals surface area contributed by atoms with Gasteiger partial charge in [0.05, 0.1) is 6.61 Å². The van der Waals surface area contributed by atoms with Crippen molar-refractivity contribution in [3.05, 3.63) is 40.5 Å². The molecular weight excluding hydrogens is 226 g/mol. The number of ether oxygens (including phenoxy) is 1. The molecule has 0 spiro atoms. The van der Waals surface area contributed by atoms with Crippen molar-refractivity contribution >= 4 is 12.2 Å². The lowest BCUT2D eigenvalue weighted by molar-refractivity contribution is 0.152. The van der Waals surface area contributed by atoms with Crippen molar-refractivity contribution in [3.63, 3.8) is 0 Å². The Labute approximate surface area is 108 Å². The summed E-state index contributed by atoms with van der Waals surface area (Å²) in [6.45, 7) is 5.00. The van der Waals surface area contributed by atoms with Gasteiger partial charge in [-0.1, -0.05) is 29.8 Å². The van der Waals surface area contributed by atoms with E-state index < -0.39 is 0 Å². The third-order valence-corrected chi connectivity index (χ3v) is 3.20. The molecule has 0 aromatic heterocycles. The summed E-state index contributed by atoms with van der Waals surface area (Å²) in [5.74, 6) is 0. The third-order valence-electron chi connectivity index (χ3n) is 3.20. The fraction of sp³-hybridized carbons (Fsp3) is 0.400. The van der Waals surface area contributed by atoms with Gasteiger partial charge in [-0.15, -0.1) is 0 Å². The minimum atomic E-state index is -0.329. The molecule has 1 aliphatic rings. The Balaban J connectivity index is 1.84. The number of rotatable bonds is 4. The number of amides is 1. The van der Waals surface area contributed by atoms with Gasteiger partial charge in [0.15, 0.2) is 0 Å². The summed E-state index contributed by atoms with van der Waals surface area (Å²) < 4.78 is 4.82. The summed E-state index contributed by atoms with van der Waals surface area (Å²) in [4.78, 5) is 11.1. The third kappa shape index (κ3) is 2.92. The topological polar surface area (TPSA) is 38.3 Å². The van der Waals surface area contributed by atoms with Gasteiger partial charge in [0.1, 0.15) is 0 Å². The van der Waals surface area contributed by atoms with E-state index in [4.69, 9.17) is 4.74 Å². The Morgan fingerprint density at radius 2 is 2.28 bits per heavy atom. The zero-order valence-electron chi connectivity index (χ0n) is 11.0. The number of nitrogens with one attached hydrogen (secondary N) is 1. The van der Waals surface area contributed by atoms with Crippen LogP contribution in [0.2, 0.25) is 0 Å². The highest BCUT2D eigenvalue weighted by atomic mass is 16.5. The van der Waals surface area contributed by atoms with Crippen molar-refractivity contribution < 1.29 is 9.53 Å². The van der Waals surface area contributed by atoms with Crippen LogP contribution in [0.1, 0.15) is 30.0 Å². The molecule has 0 saturated carbocycles. The molecule has 0 unspecified atom stereocenters. The predicted octanol–water partition coefficient (Wildman–Crippen LogP) is 3.07. The smallest absolute Gasteiger partial charge is 0.407 e. The average Bonchev–Trinajstić information content (AvgIpc) is 2.74. The van der Waals surface area contributed by atoms with Crippen LogP contribution in [0.25, 0.3) is 6.08 Å². The molecule has 1 N–H and O–H groups in total. The molecule has 18 heavy (non-hydrogen) atoms. The van der Waals surface area contributed by atoms with Crippen LogP contribution in [0.5, 0.6) is 0 Å². The predicted molar refractivity (Wildman–Crippen MR) is 72.5 cm³/mol. The van der Waals surface area contributed by atoms with Crippen molar-refractivity contribution in [1.82, 2.24) is 5.32 Å². The van der Waals surface area contributed by atoms with Crippen molar-refractivity contribution in [2.45, 2.75) is 26.7 Å². The first-order valence-electron chi connectivity index (χ1n) is 6.39. The van der Waals surface area contributed by atoms with Gasteiger partial charge in [0.25, 0.3) is 0 Å². The van der Waals surface area contributed by atoms with E-state index in [0.717, 1.165) is 12.8 Å². The van der Waals surface area contributed by atoms with Gasteiger partial charge >= 0.3 is 6.09 Å². The molecule has 0 fully saturated rings. The second kappa shape index (κ2) is 5.71. The van der Waals surface area contributed by atoms with E-state index in [2.05, 4.69) is 36.5 Å². The Morgan fingerprint density at radius 1 is 1.44 bits per heavy atom. The van der Waals surface area contributed by atoms with Gasteiger partial charge < -0.3 is 10.1 Å². The molecule has 3 nitrogen and oxygen atoms in total. The largest absolute Gasteiger partial charge is 0.450 e. The van der Waals surface area contributed by atoms with Crippen LogP contribution in [0, 0.1) is 6.92 Å². The molecule has 1 aromatic rings. The van der Waals surface area contributed by atoms with E-state index in [-0.39, 0.29) is 6.09 Å². The quantitative estimate of drug-likeness (QED) is 0.885. The fourth-order valence-corrected chi connectivity index (χ4v) is 2.27. The molecule has 1 amide bonds. The van der Waals surface area contributed by atoms with Crippen LogP contribution < -0.4 is 5.32 Å². The summed E-state index contributed by atoms with van der Waals surface area (Å²) in [6.07, 6.45) is 3.79. The van der Waals surface area contributed by atoms with Crippen LogP contribution in [-0.4, -0.2) is 19.2 Å². The van der Waals surface area contributed by atoms with Gasteiger partial charge in [-0.2, -0.15) is 0 Å². The van der Waals surface area contributed by atoms with Crippen molar-refractivity contribution in [3.8, 4) is 0 Å². The van der Waals surface area contributed by atoms with Gasteiger partial charge in [-0.25, -0.2) is 4.79 Å². The first-order valence-corrected chi connectivity index (χ1v) is 6.39. The molecule has 2 rings (SSSR count). The highest BCUT2D eigenvalue weighted by molar-refractivity contribution is 5.68. The minimum absolute atomic E-state index is 0.329. The van der Waals surface area contributed by atoms with E-state index in [1.807, 2.05) is 0 Å². The maximum absolute atomic E-state index is 11.1. The molecular formula is C15H19NO2. The van der Waals surface area contributed by atoms with Crippen LogP contribution in [-0.2, 0) is 11.2 Å². The molecule has 1 aliphatic carbocycles. The van der Waals surface area contributed by atoms with E-state index in [1.54, 1.807) is 6.92 Å². The molecule has 0 atom stereocenters. The number of carbonyl (C=O) groups excluding carboxylic acids is 1. The Morgan fingerprint density at radius 3 is 3.00 bits per heavy atom. The molecule has 0 radical (unpaired) electrons. The number of fused-ring (bicyclic) bond motifs is 1. The van der Waals surface area contributed by atoms with Crippen molar-refractivity contribution in [1.29, 1.82) is 0 Å². The van der Waals surface area contributed by atoms with Gasteiger partial charge in [0, 0.05) is 6.54 Å². The monoisotopic (exact) mass is 245 g/mol. The first-order chi connectivity index (χ1) is 8.70. The molecule has 0 heterocycles. The maximum Gasteiger partial charge on any atom is 0.407 e. The molecule has 0 aliphatic heterocycles. The van der Waals surface area contributed by atoms with Crippen LogP contribution >= 0.6 is 0 Å². The Bertz CT molecular complexity index is 477. The van der Waals surface area contributed by atoms with Crippen molar-refractivity contribution in [2.24, 2.45) is 0 Å². The van der Waals surface area contributed by atoms with Crippen LogP contribution in [0.4, 0.5) is 4.79 Å². The molecule has 0 saturated heterocycles. The minimum Gasteiger partial charge on any atom is -0.450 e. The lowest BCUT2D eigenvalue weighted by Gasteiger charge is -2.06. The molecule has 1 aromatic carbocycles. The van der Waals surface area contributed by atoms with Crippen LogP contribution in [0.3, 0.4) is 0 Å². The van der Waals surface area contributed by atoms with Gasteiger partial charge in [-0.3, -0.25) is 0 Å². The summed E-state index contributed by atoms with van der Waals surface area (Å²) in [7, 11) is 0. The maximum atomic E-state index is 11.1. The fourth-order valence-electron chi connectivity index (χ4n) is 2.27. The summed E-state index contributed by atoms with van der Waals surface area (Å²) in [5.41, 5.74) is 5.46. The highest BCUT2D eigenvalue weighted by Gasteiger charge is 2.14. The standard InChI is InChI=1S/C15H19NO2/c1-3-18-15(17)16-8-7-12-9-13-6-4-5-11(2)14(13)10-12/h4-6,9H,3,7-8,10H2,1-2H3,(H,16,17). The summed E-state index contributed by atoms with van der Waals surface area (Å²) in [5, 5.41) is 2.75. The van der Waals surface area contributed by atoms with Crippen molar-refractivity contribution in [2.75, 3.05) is 13.2 Å². The summed E-state index contributed by atoms with van der Waals surface area (Å²) >= 11 is 0. The molecule has 0 bridgehead atoms. The number of hydrogen-bond donors (Lipinski definition) is 1. The summed E-state index contributed by atoms with van der Waals surface area (Å²) in [6, 6.07) is 6.38. The van der Waals surface area contributed by atoms with E-state index in [9.17, 15) is 4.79 Å². The Hall–Kier alpha value is -1.77.